The smallest absolute Gasteiger partial charge is 0.159 e. The summed E-state index contributed by atoms with van der Waals surface area (Å²) in [6.45, 7) is 4.34. The molecule has 0 aromatic heterocycles. The predicted octanol–water partition coefficient (Wildman–Crippen LogP) is 2.92. The number of rotatable bonds is 5. The zero-order valence-corrected chi connectivity index (χ0v) is 10.3. The van der Waals surface area contributed by atoms with Crippen LogP contribution >= 0.6 is 0 Å². The molecule has 2 rings (SSSR count). The molecular formula is C14H20O3. The van der Waals surface area contributed by atoms with Gasteiger partial charge in [-0.2, -0.15) is 0 Å². The minimum atomic E-state index is -0.0771. The largest absolute Gasteiger partial charge is 0.374 e. The second-order valence-electron chi connectivity index (χ2n) is 4.24. The van der Waals surface area contributed by atoms with Crippen LogP contribution in [0.1, 0.15) is 31.4 Å². The monoisotopic (exact) mass is 236 g/mol. The maximum absolute atomic E-state index is 5.77. The first-order valence-electron chi connectivity index (χ1n) is 6.26. The highest BCUT2D eigenvalue weighted by atomic mass is 16.7. The highest BCUT2D eigenvalue weighted by molar-refractivity contribution is 5.16. The summed E-state index contributed by atoms with van der Waals surface area (Å²) in [4.78, 5) is 0. The first kappa shape index (κ1) is 12.6. The maximum atomic E-state index is 5.77. The molecule has 1 unspecified atom stereocenters. The van der Waals surface area contributed by atoms with Gasteiger partial charge in [0.1, 0.15) is 0 Å². The van der Waals surface area contributed by atoms with Crippen LogP contribution in [0.25, 0.3) is 0 Å². The van der Waals surface area contributed by atoms with Gasteiger partial charge in [-0.15, -0.1) is 0 Å². The van der Waals surface area contributed by atoms with Gasteiger partial charge >= 0.3 is 0 Å². The molecule has 0 saturated carbocycles. The van der Waals surface area contributed by atoms with Crippen LogP contribution in [0.3, 0.4) is 0 Å². The molecule has 0 spiro atoms. The summed E-state index contributed by atoms with van der Waals surface area (Å²) in [5.74, 6) is 0. The van der Waals surface area contributed by atoms with Crippen LogP contribution in [0, 0.1) is 0 Å². The molecule has 0 aliphatic carbocycles. The summed E-state index contributed by atoms with van der Waals surface area (Å²) in [6.07, 6.45) is 1.85. The van der Waals surface area contributed by atoms with Crippen molar-refractivity contribution in [1.29, 1.82) is 0 Å². The molecule has 1 saturated heterocycles. The van der Waals surface area contributed by atoms with Crippen molar-refractivity contribution in [2.45, 2.75) is 32.2 Å². The minimum Gasteiger partial charge on any atom is -0.374 e. The third kappa shape index (κ3) is 4.11. The van der Waals surface area contributed by atoms with Gasteiger partial charge in [0.25, 0.3) is 0 Å². The first-order valence-corrected chi connectivity index (χ1v) is 6.26. The van der Waals surface area contributed by atoms with E-state index in [2.05, 4.69) is 19.1 Å². The fraction of sp³-hybridized carbons (Fsp3) is 0.571. The van der Waals surface area contributed by atoms with Gasteiger partial charge in [-0.1, -0.05) is 30.3 Å². The van der Waals surface area contributed by atoms with Crippen molar-refractivity contribution in [3.8, 4) is 0 Å². The molecule has 0 N–H and O–H groups in total. The van der Waals surface area contributed by atoms with Crippen LogP contribution in [0.5, 0.6) is 0 Å². The van der Waals surface area contributed by atoms with Crippen molar-refractivity contribution >= 4 is 0 Å². The molecule has 1 atom stereocenters. The van der Waals surface area contributed by atoms with Crippen LogP contribution in [0.2, 0.25) is 0 Å². The van der Waals surface area contributed by atoms with Gasteiger partial charge in [0, 0.05) is 6.42 Å². The third-order valence-electron chi connectivity index (χ3n) is 2.89. The number of benzene rings is 1. The molecule has 1 aliphatic heterocycles. The molecule has 0 amide bonds. The lowest BCUT2D eigenvalue weighted by molar-refractivity contribution is -0.187. The molecule has 1 aliphatic rings. The molecule has 3 nitrogen and oxygen atoms in total. The summed E-state index contributed by atoms with van der Waals surface area (Å²) >= 11 is 0. The molecule has 0 bridgehead atoms. The quantitative estimate of drug-likeness (QED) is 0.786. The number of hydrogen-bond donors (Lipinski definition) is 0. The van der Waals surface area contributed by atoms with Crippen LogP contribution in [-0.2, 0) is 14.2 Å². The second-order valence-corrected chi connectivity index (χ2v) is 4.24. The van der Waals surface area contributed by atoms with Crippen LogP contribution in [0.15, 0.2) is 30.3 Å². The van der Waals surface area contributed by atoms with Gasteiger partial charge in [0.2, 0.25) is 0 Å². The summed E-state index contributed by atoms with van der Waals surface area (Å²) in [5, 5.41) is 0. The molecule has 1 heterocycles. The highest BCUT2D eigenvalue weighted by Crippen LogP contribution is 2.17. The third-order valence-corrected chi connectivity index (χ3v) is 2.89. The zero-order chi connectivity index (χ0) is 11.9. The lowest BCUT2D eigenvalue weighted by Gasteiger charge is -2.23. The van der Waals surface area contributed by atoms with Crippen LogP contribution in [0.4, 0.5) is 0 Å². The van der Waals surface area contributed by atoms with Crippen LogP contribution in [-0.4, -0.2) is 26.1 Å². The Morgan fingerprint density at radius 1 is 1.24 bits per heavy atom. The van der Waals surface area contributed by atoms with E-state index in [1.807, 2.05) is 18.2 Å². The van der Waals surface area contributed by atoms with E-state index in [-0.39, 0.29) is 12.4 Å². The highest BCUT2D eigenvalue weighted by Gasteiger charge is 2.14. The Morgan fingerprint density at radius 2 is 1.94 bits per heavy atom. The molecule has 17 heavy (non-hydrogen) atoms. The molecule has 1 aromatic rings. The lowest BCUT2D eigenvalue weighted by atomic mass is 10.1. The average Bonchev–Trinajstić information content (AvgIpc) is 2.41. The summed E-state index contributed by atoms with van der Waals surface area (Å²) in [6, 6.07) is 10.2. The van der Waals surface area contributed by atoms with E-state index < -0.39 is 0 Å². The van der Waals surface area contributed by atoms with E-state index in [0.717, 1.165) is 26.1 Å². The molecule has 0 radical (unpaired) electrons. The first-order chi connectivity index (χ1) is 8.36. The standard InChI is InChI=1S/C14H20O3/c1-12(13-6-3-2-4-7-13)15-11-8-14-16-9-5-10-17-14/h2-4,6-7,12,14H,5,8-11H2,1H3. The van der Waals surface area contributed by atoms with E-state index in [4.69, 9.17) is 14.2 Å². The zero-order valence-electron chi connectivity index (χ0n) is 10.3. The van der Waals surface area contributed by atoms with Crippen molar-refractivity contribution < 1.29 is 14.2 Å². The van der Waals surface area contributed by atoms with Crippen molar-refractivity contribution in [3.05, 3.63) is 35.9 Å². The summed E-state index contributed by atoms with van der Waals surface area (Å²) in [5.41, 5.74) is 1.21. The minimum absolute atomic E-state index is 0.0771. The van der Waals surface area contributed by atoms with E-state index in [1.165, 1.54) is 5.56 Å². The lowest BCUT2D eigenvalue weighted by Crippen LogP contribution is -2.26. The normalized spacial score (nSPS) is 19.1. The second kappa shape index (κ2) is 6.74. The molecular weight excluding hydrogens is 216 g/mol. The Kier molecular flexibility index (Phi) is 4.98. The Hall–Kier alpha value is -0.900. The van der Waals surface area contributed by atoms with Gasteiger partial charge in [0.15, 0.2) is 6.29 Å². The summed E-state index contributed by atoms with van der Waals surface area (Å²) < 4.78 is 16.7. The van der Waals surface area contributed by atoms with E-state index in [9.17, 15) is 0 Å². The Labute approximate surface area is 103 Å². The van der Waals surface area contributed by atoms with Crippen LogP contribution < -0.4 is 0 Å². The molecule has 3 heteroatoms. The maximum Gasteiger partial charge on any atom is 0.159 e. The van der Waals surface area contributed by atoms with E-state index >= 15 is 0 Å². The van der Waals surface area contributed by atoms with Gasteiger partial charge in [-0.25, -0.2) is 0 Å². The fourth-order valence-corrected chi connectivity index (χ4v) is 1.86. The van der Waals surface area contributed by atoms with Gasteiger partial charge in [0.05, 0.1) is 25.9 Å². The van der Waals surface area contributed by atoms with Crippen molar-refractivity contribution in [3.63, 3.8) is 0 Å². The van der Waals surface area contributed by atoms with Gasteiger partial charge in [-0.3, -0.25) is 0 Å². The number of hydrogen-bond acceptors (Lipinski definition) is 3. The SMILES string of the molecule is CC(OCCC1OCCCO1)c1ccccc1. The molecule has 1 fully saturated rings. The fourth-order valence-electron chi connectivity index (χ4n) is 1.86. The van der Waals surface area contributed by atoms with Gasteiger partial charge < -0.3 is 14.2 Å². The Morgan fingerprint density at radius 3 is 2.65 bits per heavy atom. The van der Waals surface area contributed by atoms with Crippen molar-refractivity contribution in [2.75, 3.05) is 19.8 Å². The molecule has 94 valence electrons. The van der Waals surface area contributed by atoms with E-state index in [0.29, 0.717) is 6.61 Å². The van der Waals surface area contributed by atoms with E-state index in [1.54, 1.807) is 0 Å². The predicted molar refractivity (Wildman–Crippen MR) is 65.7 cm³/mol. The number of ether oxygens (including phenoxy) is 3. The summed E-state index contributed by atoms with van der Waals surface area (Å²) in [7, 11) is 0. The van der Waals surface area contributed by atoms with Gasteiger partial charge in [-0.05, 0) is 18.9 Å². The Bertz CT molecular complexity index is 307. The topological polar surface area (TPSA) is 27.7 Å². The molecule has 1 aromatic carbocycles. The Balaban J connectivity index is 1.67. The average molecular weight is 236 g/mol. The van der Waals surface area contributed by atoms with Crippen molar-refractivity contribution in [1.82, 2.24) is 0 Å². The van der Waals surface area contributed by atoms with Crippen molar-refractivity contribution in [2.24, 2.45) is 0 Å².